The van der Waals surface area contributed by atoms with Gasteiger partial charge < -0.3 is 10.6 Å². The summed E-state index contributed by atoms with van der Waals surface area (Å²) >= 11 is 5.91. The Kier molecular flexibility index (Phi) is 3.07. The third-order valence-corrected chi connectivity index (χ3v) is 3.22. The van der Waals surface area contributed by atoms with E-state index in [-0.39, 0.29) is 12.3 Å². The molecule has 0 aromatic heterocycles. The Hall–Kier alpha value is -1.55. The van der Waals surface area contributed by atoms with E-state index in [1.807, 2.05) is 13.0 Å². The zero-order valence-electron chi connectivity index (χ0n) is 9.44. The molecule has 1 aromatic rings. The summed E-state index contributed by atoms with van der Waals surface area (Å²) in [6.07, 6.45) is 0.182. The first kappa shape index (κ1) is 11.9. The van der Waals surface area contributed by atoms with E-state index in [0.29, 0.717) is 11.6 Å². The number of carbonyl (C=O) groups is 2. The average Bonchev–Trinajstić information content (AvgIpc) is 2.64. The number of primary amides is 1. The Bertz CT molecular complexity index is 487. The van der Waals surface area contributed by atoms with Crippen molar-refractivity contribution in [3.63, 3.8) is 0 Å². The van der Waals surface area contributed by atoms with Crippen molar-refractivity contribution in [3.05, 3.63) is 28.8 Å². The number of nitrogens with zero attached hydrogens (tertiary/aromatic N) is 1. The van der Waals surface area contributed by atoms with E-state index >= 15 is 0 Å². The molecule has 5 heteroatoms. The van der Waals surface area contributed by atoms with Crippen LogP contribution in [0.4, 0.5) is 5.69 Å². The highest BCUT2D eigenvalue weighted by Gasteiger charge is 2.34. The van der Waals surface area contributed by atoms with E-state index in [4.69, 9.17) is 17.3 Å². The van der Waals surface area contributed by atoms with Gasteiger partial charge in [0, 0.05) is 23.7 Å². The fourth-order valence-corrected chi connectivity index (χ4v) is 2.17. The number of halogens is 1. The number of carbonyl (C=O) groups excluding carboxylic acids is 2. The number of rotatable bonds is 2. The SMILES string of the molecule is Cc1ccc(Cl)cc1N1C[C@@H](C(N)=O)CC1=O. The molecule has 0 bridgehead atoms. The third-order valence-electron chi connectivity index (χ3n) is 2.99. The molecule has 0 saturated carbocycles. The molecule has 4 nitrogen and oxygen atoms in total. The molecule has 0 radical (unpaired) electrons. The second-order valence-electron chi connectivity index (χ2n) is 4.24. The highest BCUT2D eigenvalue weighted by Crippen LogP contribution is 2.29. The molecule has 2 amide bonds. The van der Waals surface area contributed by atoms with Gasteiger partial charge >= 0.3 is 0 Å². The van der Waals surface area contributed by atoms with Crippen molar-refractivity contribution in [2.45, 2.75) is 13.3 Å². The summed E-state index contributed by atoms with van der Waals surface area (Å²) in [5.41, 5.74) is 6.93. The van der Waals surface area contributed by atoms with Gasteiger partial charge in [0.15, 0.2) is 0 Å². The number of aryl methyl sites for hydroxylation is 1. The monoisotopic (exact) mass is 252 g/mol. The molecule has 17 heavy (non-hydrogen) atoms. The van der Waals surface area contributed by atoms with Gasteiger partial charge in [-0.25, -0.2) is 0 Å². The molecule has 1 aliphatic heterocycles. The lowest BCUT2D eigenvalue weighted by Gasteiger charge is -2.19. The van der Waals surface area contributed by atoms with Gasteiger partial charge in [0.25, 0.3) is 0 Å². The highest BCUT2D eigenvalue weighted by molar-refractivity contribution is 6.31. The smallest absolute Gasteiger partial charge is 0.227 e. The van der Waals surface area contributed by atoms with E-state index in [2.05, 4.69) is 0 Å². The maximum absolute atomic E-state index is 11.8. The molecule has 1 aromatic carbocycles. The minimum atomic E-state index is -0.430. The lowest BCUT2D eigenvalue weighted by atomic mass is 10.1. The van der Waals surface area contributed by atoms with Crippen molar-refractivity contribution in [2.75, 3.05) is 11.4 Å². The summed E-state index contributed by atoms with van der Waals surface area (Å²) in [7, 11) is 0. The Morgan fingerprint density at radius 2 is 2.24 bits per heavy atom. The van der Waals surface area contributed by atoms with E-state index < -0.39 is 11.8 Å². The largest absolute Gasteiger partial charge is 0.369 e. The van der Waals surface area contributed by atoms with Crippen LogP contribution in [0.5, 0.6) is 0 Å². The van der Waals surface area contributed by atoms with Crippen molar-refractivity contribution in [1.29, 1.82) is 0 Å². The maximum atomic E-state index is 11.8. The summed E-state index contributed by atoms with van der Waals surface area (Å²) in [5, 5.41) is 0.570. The van der Waals surface area contributed by atoms with Crippen LogP contribution in [-0.4, -0.2) is 18.4 Å². The van der Waals surface area contributed by atoms with E-state index in [0.717, 1.165) is 11.3 Å². The van der Waals surface area contributed by atoms with Crippen LogP contribution in [-0.2, 0) is 9.59 Å². The van der Waals surface area contributed by atoms with Crippen molar-refractivity contribution in [1.82, 2.24) is 0 Å². The number of benzene rings is 1. The standard InChI is InChI=1S/C12H13ClN2O2/c1-7-2-3-9(13)5-10(7)15-6-8(12(14)17)4-11(15)16/h2-3,5,8H,4,6H2,1H3,(H2,14,17)/t8-/m0/s1. The van der Waals surface area contributed by atoms with Gasteiger partial charge in [0.05, 0.1) is 5.92 Å². The van der Waals surface area contributed by atoms with Gasteiger partial charge in [0.1, 0.15) is 0 Å². The quantitative estimate of drug-likeness (QED) is 0.867. The second-order valence-corrected chi connectivity index (χ2v) is 4.68. The van der Waals surface area contributed by atoms with Crippen LogP contribution < -0.4 is 10.6 Å². The van der Waals surface area contributed by atoms with Crippen LogP contribution in [0.25, 0.3) is 0 Å². The van der Waals surface area contributed by atoms with Crippen molar-refractivity contribution >= 4 is 29.1 Å². The molecule has 90 valence electrons. The Balaban J connectivity index is 2.32. The molecular formula is C12H13ClN2O2. The molecule has 0 aliphatic carbocycles. The van der Waals surface area contributed by atoms with Crippen LogP contribution in [0, 0.1) is 12.8 Å². The first-order valence-electron chi connectivity index (χ1n) is 5.35. The number of anilines is 1. The highest BCUT2D eigenvalue weighted by atomic mass is 35.5. The minimum Gasteiger partial charge on any atom is -0.369 e. The molecule has 0 unspecified atom stereocenters. The lowest BCUT2D eigenvalue weighted by molar-refractivity contribution is -0.123. The molecular weight excluding hydrogens is 240 g/mol. The van der Waals surface area contributed by atoms with Gasteiger partial charge in [-0.3, -0.25) is 9.59 Å². The second kappa shape index (κ2) is 4.37. The summed E-state index contributed by atoms with van der Waals surface area (Å²) in [6, 6.07) is 5.35. The topological polar surface area (TPSA) is 63.4 Å². The molecule has 1 heterocycles. The summed E-state index contributed by atoms with van der Waals surface area (Å²) < 4.78 is 0. The van der Waals surface area contributed by atoms with Gasteiger partial charge in [-0.2, -0.15) is 0 Å². The maximum Gasteiger partial charge on any atom is 0.227 e. The summed E-state index contributed by atoms with van der Waals surface area (Å²) in [5.74, 6) is -0.916. The zero-order valence-corrected chi connectivity index (χ0v) is 10.2. The Labute approximate surface area is 104 Å². The van der Waals surface area contributed by atoms with E-state index in [9.17, 15) is 9.59 Å². The van der Waals surface area contributed by atoms with Gasteiger partial charge in [-0.05, 0) is 24.6 Å². The number of amides is 2. The molecule has 2 N–H and O–H groups in total. The van der Waals surface area contributed by atoms with Crippen molar-refractivity contribution in [2.24, 2.45) is 11.7 Å². The predicted octanol–water partition coefficient (Wildman–Crippen LogP) is 1.49. The summed E-state index contributed by atoms with van der Waals surface area (Å²) in [6.45, 7) is 2.24. The molecule has 0 spiro atoms. The van der Waals surface area contributed by atoms with Crippen LogP contribution in [0.1, 0.15) is 12.0 Å². The summed E-state index contributed by atoms with van der Waals surface area (Å²) in [4.78, 5) is 24.5. The van der Waals surface area contributed by atoms with Gasteiger partial charge in [-0.1, -0.05) is 17.7 Å². The minimum absolute atomic E-state index is 0.0841. The van der Waals surface area contributed by atoms with Crippen molar-refractivity contribution in [3.8, 4) is 0 Å². The fraction of sp³-hybridized carbons (Fsp3) is 0.333. The Morgan fingerprint density at radius 3 is 2.82 bits per heavy atom. The first-order chi connectivity index (χ1) is 7.99. The molecule has 1 aliphatic rings. The van der Waals surface area contributed by atoms with E-state index in [1.165, 1.54) is 0 Å². The third kappa shape index (κ3) is 2.26. The number of hydrogen-bond acceptors (Lipinski definition) is 2. The molecule has 2 rings (SSSR count). The first-order valence-corrected chi connectivity index (χ1v) is 5.72. The number of hydrogen-bond donors (Lipinski definition) is 1. The Morgan fingerprint density at radius 1 is 1.53 bits per heavy atom. The average molecular weight is 253 g/mol. The van der Waals surface area contributed by atoms with Crippen LogP contribution in [0.3, 0.4) is 0 Å². The molecule has 1 saturated heterocycles. The van der Waals surface area contributed by atoms with Gasteiger partial charge in [0.2, 0.25) is 11.8 Å². The lowest BCUT2D eigenvalue weighted by Crippen LogP contribution is -2.28. The zero-order chi connectivity index (χ0) is 12.6. The van der Waals surface area contributed by atoms with E-state index in [1.54, 1.807) is 17.0 Å². The number of nitrogens with two attached hydrogens (primary N) is 1. The van der Waals surface area contributed by atoms with Crippen LogP contribution in [0.2, 0.25) is 5.02 Å². The fourth-order valence-electron chi connectivity index (χ4n) is 2.00. The van der Waals surface area contributed by atoms with Gasteiger partial charge in [-0.15, -0.1) is 0 Å². The molecule has 1 atom stereocenters. The van der Waals surface area contributed by atoms with Crippen LogP contribution in [0.15, 0.2) is 18.2 Å². The van der Waals surface area contributed by atoms with Crippen molar-refractivity contribution < 1.29 is 9.59 Å². The molecule has 1 fully saturated rings. The normalized spacial score (nSPS) is 19.8. The van der Waals surface area contributed by atoms with Crippen LogP contribution >= 0.6 is 11.6 Å². The predicted molar refractivity (Wildman–Crippen MR) is 65.8 cm³/mol.